The van der Waals surface area contributed by atoms with Crippen LogP contribution in [0.25, 0.3) is 0 Å². The van der Waals surface area contributed by atoms with E-state index in [1.165, 1.54) is 6.07 Å². The van der Waals surface area contributed by atoms with Crippen LogP contribution in [0.2, 0.25) is 0 Å². The first-order chi connectivity index (χ1) is 9.26. The highest BCUT2D eigenvalue weighted by Crippen LogP contribution is 2.37. The molecule has 0 spiro atoms. The van der Waals surface area contributed by atoms with E-state index < -0.39 is 37.7 Å². The van der Waals surface area contributed by atoms with Crippen molar-refractivity contribution in [1.82, 2.24) is 0 Å². The summed E-state index contributed by atoms with van der Waals surface area (Å²) in [5.74, 6) is 0. The fourth-order valence-corrected chi connectivity index (χ4v) is 4.91. The summed E-state index contributed by atoms with van der Waals surface area (Å²) in [4.78, 5) is 0. The van der Waals surface area contributed by atoms with Gasteiger partial charge in [-0.2, -0.15) is 18.4 Å². The molecule has 0 aromatic carbocycles. The Morgan fingerprint density at radius 2 is 1.85 bits per heavy atom. The minimum absolute atomic E-state index is 0.0543. The quantitative estimate of drug-likeness (QED) is 0.788. The Balaban J connectivity index is 2.34. The van der Waals surface area contributed by atoms with Gasteiger partial charge in [-0.1, -0.05) is 25.0 Å². The Kier molecular flexibility index (Phi) is 3.96. The molecule has 0 radical (unpaired) electrons. The number of alkyl halides is 3. The molecule has 2 aliphatic carbocycles. The van der Waals surface area contributed by atoms with Crippen LogP contribution in [0.5, 0.6) is 0 Å². The second-order valence-electron chi connectivity index (χ2n) is 5.08. The maximum atomic E-state index is 12.9. The van der Waals surface area contributed by atoms with Crippen molar-refractivity contribution in [3.05, 3.63) is 23.3 Å². The Labute approximate surface area is 115 Å². The second kappa shape index (κ2) is 5.24. The molecule has 2 aliphatic rings. The molecule has 7 heteroatoms. The minimum atomic E-state index is -4.70. The lowest BCUT2D eigenvalue weighted by Gasteiger charge is -2.23. The lowest BCUT2D eigenvalue weighted by molar-refractivity contribution is -0.0893. The minimum Gasteiger partial charge on any atom is -0.228 e. The zero-order valence-electron chi connectivity index (χ0n) is 10.7. The van der Waals surface area contributed by atoms with E-state index in [9.17, 15) is 21.6 Å². The van der Waals surface area contributed by atoms with Crippen LogP contribution in [0.15, 0.2) is 23.3 Å². The van der Waals surface area contributed by atoms with E-state index in [1.54, 1.807) is 0 Å². The van der Waals surface area contributed by atoms with Gasteiger partial charge in [0.1, 0.15) is 0 Å². The van der Waals surface area contributed by atoms with Gasteiger partial charge in [-0.3, -0.25) is 0 Å². The Bertz CT molecular complexity index is 590. The van der Waals surface area contributed by atoms with Gasteiger partial charge in [0.15, 0.2) is 9.84 Å². The van der Waals surface area contributed by atoms with Crippen molar-refractivity contribution in [2.24, 2.45) is 0 Å². The van der Waals surface area contributed by atoms with E-state index in [1.807, 2.05) is 0 Å². The Hall–Kier alpha value is -1.29. The van der Waals surface area contributed by atoms with Gasteiger partial charge in [0.05, 0.1) is 27.7 Å². The molecular formula is C13H14F3NO2S. The van der Waals surface area contributed by atoms with E-state index in [0.717, 1.165) is 18.9 Å². The van der Waals surface area contributed by atoms with Crippen LogP contribution in [-0.4, -0.2) is 25.1 Å². The van der Waals surface area contributed by atoms with Crippen LogP contribution in [0.4, 0.5) is 13.2 Å². The van der Waals surface area contributed by atoms with E-state index in [2.05, 4.69) is 0 Å². The van der Waals surface area contributed by atoms with Crippen molar-refractivity contribution in [3.63, 3.8) is 0 Å². The topological polar surface area (TPSA) is 57.9 Å². The van der Waals surface area contributed by atoms with Crippen molar-refractivity contribution < 1.29 is 21.6 Å². The highest BCUT2D eigenvalue weighted by atomic mass is 32.2. The number of allylic oxidation sites excluding steroid dienone is 3. The summed E-state index contributed by atoms with van der Waals surface area (Å²) in [7, 11) is -3.62. The summed E-state index contributed by atoms with van der Waals surface area (Å²) in [5, 5.41) is 7.00. The molecule has 20 heavy (non-hydrogen) atoms. The number of hydrogen-bond donors (Lipinski definition) is 0. The Morgan fingerprint density at radius 1 is 1.25 bits per heavy atom. The van der Waals surface area contributed by atoms with Crippen molar-refractivity contribution in [3.8, 4) is 6.07 Å². The largest absolute Gasteiger partial charge is 0.417 e. The summed E-state index contributed by atoms with van der Waals surface area (Å²) in [6.45, 7) is 0. The molecule has 0 aliphatic heterocycles. The third-order valence-corrected chi connectivity index (χ3v) is 6.38. The van der Waals surface area contributed by atoms with Crippen LogP contribution in [0, 0.1) is 11.3 Å². The summed E-state index contributed by atoms with van der Waals surface area (Å²) < 4.78 is 63.2. The van der Waals surface area contributed by atoms with Crippen molar-refractivity contribution in [2.45, 2.75) is 48.8 Å². The third-order valence-electron chi connectivity index (χ3n) is 3.81. The van der Waals surface area contributed by atoms with Crippen molar-refractivity contribution in [1.29, 1.82) is 5.26 Å². The smallest absolute Gasteiger partial charge is 0.228 e. The molecule has 0 aromatic heterocycles. The molecule has 0 aromatic rings. The summed E-state index contributed by atoms with van der Waals surface area (Å²) >= 11 is 0. The van der Waals surface area contributed by atoms with Crippen LogP contribution in [0.1, 0.15) is 32.1 Å². The average molecular weight is 305 g/mol. The van der Waals surface area contributed by atoms with Gasteiger partial charge >= 0.3 is 6.18 Å². The van der Waals surface area contributed by atoms with Crippen LogP contribution >= 0.6 is 0 Å². The normalized spacial score (nSPS) is 25.0. The molecule has 1 fully saturated rings. The number of nitrogens with zero attached hydrogens (tertiary/aromatic N) is 1. The molecule has 1 saturated carbocycles. The van der Waals surface area contributed by atoms with Crippen LogP contribution in [0.3, 0.4) is 0 Å². The third kappa shape index (κ3) is 2.75. The van der Waals surface area contributed by atoms with Crippen LogP contribution in [-0.2, 0) is 9.84 Å². The van der Waals surface area contributed by atoms with Gasteiger partial charge in [-0.25, -0.2) is 8.42 Å². The number of halogens is 3. The fourth-order valence-electron chi connectivity index (χ4n) is 2.73. The lowest BCUT2D eigenvalue weighted by Crippen LogP contribution is -2.32. The first kappa shape index (κ1) is 15.1. The summed E-state index contributed by atoms with van der Waals surface area (Å²) in [5.41, 5.74) is -1.62. The Morgan fingerprint density at radius 3 is 2.35 bits per heavy atom. The molecule has 1 atom stereocenters. The van der Waals surface area contributed by atoms with E-state index in [-0.39, 0.29) is 6.42 Å². The van der Waals surface area contributed by atoms with Crippen molar-refractivity contribution in [2.75, 3.05) is 0 Å². The molecule has 2 rings (SSSR count). The zero-order valence-corrected chi connectivity index (χ0v) is 11.5. The first-order valence-corrected chi connectivity index (χ1v) is 8.00. The number of hydrogen-bond acceptors (Lipinski definition) is 3. The molecule has 0 saturated heterocycles. The number of sulfone groups is 1. The highest BCUT2D eigenvalue weighted by molar-refractivity contribution is 7.92. The molecule has 0 heterocycles. The standard InChI is InChI=1S/C13H14F3NO2S/c14-13(15,16)12-7-11(6-5-9(12)8-17)20(18,19)10-3-1-2-4-10/h5,7,10-11H,1-4,6H2. The van der Waals surface area contributed by atoms with E-state index in [0.29, 0.717) is 18.9 Å². The van der Waals surface area contributed by atoms with Gasteiger partial charge in [0.25, 0.3) is 0 Å². The molecule has 0 amide bonds. The van der Waals surface area contributed by atoms with Gasteiger partial charge in [0, 0.05) is 0 Å². The fraction of sp³-hybridized carbons (Fsp3) is 0.615. The molecule has 110 valence electrons. The molecule has 0 N–H and O–H groups in total. The molecule has 1 unspecified atom stereocenters. The molecular weight excluding hydrogens is 291 g/mol. The van der Waals surface area contributed by atoms with E-state index in [4.69, 9.17) is 5.26 Å². The van der Waals surface area contributed by atoms with Crippen molar-refractivity contribution >= 4 is 9.84 Å². The van der Waals surface area contributed by atoms with Crippen LogP contribution < -0.4 is 0 Å². The SMILES string of the molecule is N#CC1=CCC(S(=O)(=O)C2CCCC2)C=C1C(F)(F)F. The zero-order chi connectivity index (χ0) is 15.0. The van der Waals surface area contributed by atoms with Gasteiger partial charge < -0.3 is 0 Å². The highest BCUT2D eigenvalue weighted by Gasteiger charge is 2.42. The lowest BCUT2D eigenvalue weighted by atomic mass is 9.98. The number of nitriles is 1. The molecule has 3 nitrogen and oxygen atoms in total. The average Bonchev–Trinajstić information content (AvgIpc) is 2.91. The predicted octanol–water partition coefficient (Wildman–Crippen LogP) is 3.05. The predicted molar refractivity (Wildman–Crippen MR) is 67.4 cm³/mol. The monoisotopic (exact) mass is 305 g/mol. The maximum absolute atomic E-state index is 12.9. The van der Waals surface area contributed by atoms with Gasteiger partial charge in [0.2, 0.25) is 0 Å². The van der Waals surface area contributed by atoms with E-state index >= 15 is 0 Å². The second-order valence-corrected chi connectivity index (χ2v) is 7.53. The van der Waals surface area contributed by atoms with Gasteiger partial charge in [-0.15, -0.1) is 0 Å². The first-order valence-electron chi connectivity index (χ1n) is 6.39. The summed E-state index contributed by atoms with van der Waals surface area (Å²) in [6.07, 6.45) is -0.331. The maximum Gasteiger partial charge on any atom is 0.417 e. The number of rotatable bonds is 2. The molecule has 0 bridgehead atoms. The summed E-state index contributed by atoms with van der Waals surface area (Å²) in [6, 6.07) is 1.48. The van der Waals surface area contributed by atoms with Gasteiger partial charge in [-0.05, 0) is 19.3 Å².